The van der Waals surface area contributed by atoms with Crippen molar-refractivity contribution in [3.8, 4) is 11.1 Å². The average Bonchev–Trinajstić information content (AvgIpc) is 2.79. The lowest BCUT2D eigenvalue weighted by Crippen LogP contribution is -2.35. The zero-order valence-corrected chi connectivity index (χ0v) is 20.1. The Hall–Kier alpha value is -3.49. The molecule has 0 saturated carbocycles. The van der Waals surface area contributed by atoms with Crippen LogP contribution in [0.2, 0.25) is 0 Å². The molecule has 0 bridgehead atoms. The van der Waals surface area contributed by atoms with Gasteiger partial charge in [0.15, 0.2) is 0 Å². The Morgan fingerprint density at radius 3 is 2.44 bits per heavy atom. The first-order chi connectivity index (χ1) is 16.2. The van der Waals surface area contributed by atoms with Gasteiger partial charge in [0, 0.05) is 24.2 Å². The lowest BCUT2D eigenvalue weighted by molar-refractivity contribution is -0.131. The Bertz CT molecular complexity index is 1180. The molecule has 1 unspecified atom stereocenters. The number of nitrogens with two attached hydrogens (primary N) is 1. The molecule has 3 aromatic carbocycles. The maximum absolute atomic E-state index is 13.3. The van der Waals surface area contributed by atoms with E-state index in [1.54, 1.807) is 17.0 Å². The minimum absolute atomic E-state index is 0.0107. The summed E-state index contributed by atoms with van der Waals surface area (Å²) in [6, 6.07) is 22.4. The summed E-state index contributed by atoms with van der Waals surface area (Å²) in [7, 11) is 0. The number of amides is 1. The highest BCUT2D eigenvalue weighted by atomic mass is 32.2. The van der Waals surface area contributed by atoms with Gasteiger partial charge in [0.2, 0.25) is 5.91 Å². The van der Waals surface area contributed by atoms with Crippen molar-refractivity contribution >= 4 is 28.7 Å². The maximum Gasteiger partial charge on any atom is 0.259 e. The predicted octanol–water partition coefficient (Wildman–Crippen LogP) is 4.41. The first kappa shape index (κ1) is 25.1. The number of amidine groups is 1. The molecule has 0 aliphatic heterocycles. The third-order valence-electron chi connectivity index (χ3n) is 5.27. The third-order valence-corrected chi connectivity index (χ3v) is 5.67. The molecule has 178 valence electrons. The Morgan fingerprint density at radius 1 is 1.06 bits per heavy atom. The van der Waals surface area contributed by atoms with Crippen molar-refractivity contribution < 1.29 is 13.6 Å². The summed E-state index contributed by atoms with van der Waals surface area (Å²) in [4.78, 5) is 15.1. The van der Waals surface area contributed by atoms with Crippen molar-refractivity contribution in [1.82, 2.24) is 4.90 Å². The van der Waals surface area contributed by atoms with Crippen LogP contribution in [-0.2, 0) is 29.0 Å². The molecule has 0 aliphatic rings. The van der Waals surface area contributed by atoms with Gasteiger partial charge in [-0.05, 0) is 34.7 Å². The zero-order chi connectivity index (χ0) is 24.7. The van der Waals surface area contributed by atoms with Gasteiger partial charge in [0.25, 0.3) is 11.3 Å². The fraction of sp³-hybridized carbons (Fsp3) is 0.231. The summed E-state index contributed by atoms with van der Waals surface area (Å²) >= 11 is -2.24. The van der Waals surface area contributed by atoms with Crippen molar-refractivity contribution in [3.05, 3.63) is 89.5 Å². The minimum atomic E-state index is -2.24. The van der Waals surface area contributed by atoms with Crippen molar-refractivity contribution in [2.75, 3.05) is 11.3 Å². The molecule has 0 aromatic heterocycles. The minimum Gasteiger partial charge on any atom is -0.384 e. The second-order valence-corrected chi connectivity index (χ2v) is 9.26. The van der Waals surface area contributed by atoms with Gasteiger partial charge in [0.05, 0.1) is 12.1 Å². The number of hydrogen-bond acceptors (Lipinski definition) is 3. The summed E-state index contributed by atoms with van der Waals surface area (Å²) in [5.74, 6) is 0.211. The molecule has 0 fully saturated rings. The van der Waals surface area contributed by atoms with Crippen LogP contribution in [-0.4, -0.2) is 31.9 Å². The highest BCUT2D eigenvalue weighted by Gasteiger charge is 2.18. The first-order valence-electron chi connectivity index (χ1n) is 11.0. The summed E-state index contributed by atoms with van der Waals surface area (Å²) in [5, 5.41) is 7.66. The van der Waals surface area contributed by atoms with Crippen LogP contribution in [0, 0.1) is 11.3 Å². The van der Waals surface area contributed by atoms with Gasteiger partial charge in [-0.3, -0.25) is 19.5 Å². The van der Waals surface area contributed by atoms with Crippen molar-refractivity contribution in [2.24, 2.45) is 11.7 Å². The van der Waals surface area contributed by atoms with Crippen molar-refractivity contribution in [2.45, 2.75) is 26.8 Å². The van der Waals surface area contributed by atoms with E-state index in [1.807, 2.05) is 60.7 Å². The van der Waals surface area contributed by atoms with Crippen LogP contribution >= 0.6 is 0 Å². The van der Waals surface area contributed by atoms with Gasteiger partial charge < -0.3 is 10.6 Å². The molecule has 0 heterocycles. The number of anilines is 1. The van der Waals surface area contributed by atoms with E-state index in [1.165, 1.54) is 0 Å². The number of nitrogens with zero attached hydrogens (tertiary/aromatic N) is 1. The number of benzene rings is 3. The molecule has 7 nitrogen and oxygen atoms in total. The largest absolute Gasteiger partial charge is 0.384 e. The van der Waals surface area contributed by atoms with E-state index in [2.05, 4.69) is 18.6 Å². The van der Waals surface area contributed by atoms with E-state index < -0.39 is 11.3 Å². The van der Waals surface area contributed by atoms with Crippen LogP contribution in [0.1, 0.15) is 30.5 Å². The summed E-state index contributed by atoms with van der Waals surface area (Å²) in [5.41, 5.74) is 10.0. The second kappa shape index (κ2) is 11.6. The first-order valence-corrected chi connectivity index (χ1v) is 12.1. The molecule has 8 heteroatoms. The molecule has 5 N–H and O–H groups in total. The van der Waals surface area contributed by atoms with Gasteiger partial charge >= 0.3 is 0 Å². The van der Waals surface area contributed by atoms with Crippen LogP contribution in [0.25, 0.3) is 11.1 Å². The molecule has 3 rings (SSSR count). The summed E-state index contributed by atoms with van der Waals surface area (Å²) in [6.45, 7) is 5.10. The van der Waals surface area contributed by atoms with Gasteiger partial charge in [0.1, 0.15) is 5.84 Å². The van der Waals surface area contributed by atoms with Crippen molar-refractivity contribution in [3.63, 3.8) is 0 Å². The predicted molar refractivity (Wildman–Crippen MR) is 138 cm³/mol. The third kappa shape index (κ3) is 7.00. The Kier molecular flexibility index (Phi) is 8.56. The topological polar surface area (TPSA) is 120 Å². The van der Waals surface area contributed by atoms with Crippen LogP contribution in [0.15, 0.2) is 72.8 Å². The number of hydrogen-bond donors (Lipinski definition) is 4. The van der Waals surface area contributed by atoms with E-state index >= 15 is 0 Å². The highest BCUT2D eigenvalue weighted by molar-refractivity contribution is 7.80. The summed E-state index contributed by atoms with van der Waals surface area (Å²) in [6.07, 6.45) is 0.154. The normalized spacial score (nSPS) is 11.8. The van der Waals surface area contributed by atoms with E-state index in [0.717, 1.165) is 22.3 Å². The van der Waals surface area contributed by atoms with E-state index in [9.17, 15) is 13.6 Å². The van der Waals surface area contributed by atoms with E-state index in [0.29, 0.717) is 24.3 Å². The Morgan fingerprint density at radius 2 is 1.79 bits per heavy atom. The zero-order valence-electron chi connectivity index (χ0n) is 19.3. The lowest BCUT2D eigenvalue weighted by Gasteiger charge is -2.25. The van der Waals surface area contributed by atoms with E-state index in [4.69, 9.17) is 11.1 Å². The van der Waals surface area contributed by atoms with Crippen molar-refractivity contribution in [1.29, 1.82) is 5.41 Å². The van der Waals surface area contributed by atoms with E-state index in [-0.39, 0.29) is 24.1 Å². The SMILES string of the molecule is CC(C)CN(Cc1cccc(C(=N)N)c1)C(=O)Cc1ccc(-c2ccccc2)c(NS(=O)O)c1. The quantitative estimate of drug-likeness (QED) is 0.196. The van der Waals surface area contributed by atoms with Gasteiger partial charge in [-0.1, -0.05) is 74.5 Å². The molecule has 34 heavy (non-hydrogen) atoms. The monoisotopic (exact) mass is 478 g/mol. The number of nitrogen functional groups attached to an aromatic ring is 1. The van der Waals surface area contributed by atoms with Crippen LogP contribution in [0.4, 0.5) is 5.69 Å². The highest BCUT2D eigenvalue weighted by Crippen LogP contribution is 2.29. The smallest absolute Gasteiger partial charge is 0.259 e. The lowest BCUT2D eigenvalue weighted by atomic mass is 10.00. The molecule has 0 aliphatic carbocycles. The standard InChI is InChI=1S/C26H30N4O3S/c1-18(2)16-30(17-20-7-6-10-22(13-20)26(27)28)25(31)15-19-11-12-23(21-8-4-3-5-9-21)24(14-19)29-34(32)33/h3-14,18,29H,15-17H2,1-2H3,(H3,27,28)(H,32,33). The second-order valence-electron chi connectivity index (χ2n) is 8.56. The molecule has 0 radical (unpaired) electrons. The average molecular weight is 479 g/mol. The summed E-state index contributed by atoms with van der Waals surface area (Å²) < 4.78 is 23.5. The molecule has 3 aromatic rings. The molecular weight excluding hydrogens is 448 g/mol. The fourth-order valence-corrected chi connectivity index (χ4v) is 4.15. The Balaban J connectivity index is 1.85. The van der Waals surface area contributed by atoms with Crippen LogP contribution < -0.4 is 10.5 Å². The Labute approximate surface area is 202 Å². The molecular formula is C26H30N4O3S. The molecule has 0 spiro atoms. The number of carbonyl (C=O) groups excluding carboxylic acids is 1. The van der Waals surface area contributed by atoms with Gasteiger partial charge in [-0.2, -0.15) is 0 Å². The molecule has 0 saturated heterocycles. The van der Waals surface area contributed by atoms with Gasteiger partial charge in [-0.15, -0.1) is 0 Å². The van der Waals surface area contributed by atoms with Crippen LogP contribution in [0.3, 0.4) is 0 Å². The molecule has 1 atom stereocenters. The number of nitrogens with one attached hydrogen (secondary N) is 2. The van der Waals surface area contributed by atoms with Gasteiger partial charge in [-0.25, -0.2) is 4.21 Å². The fourth-order valence-electron chi connectivity index (χ4n) is 3.79. The number of rotatable bonds is 10. The number of carbonyl (C=O) groups is 1. The van der Waals surface area contributed by atoms with Crippen LogP contribution in [0.5, 0.6) is 0 Å². The molecule has 1 amide bonds. The maximum atomic E-state index is 13.3.